The summed E-state index contributed by atoms with van der Waals surface area (Å²) in [7, 11) is 0. The molecule has 0 radical (unpaired) electrons. The second-order valence-electron chi connectivity index (χ2n) is 5.12. The maximum Gasteiger partial charge on any atom is 0.0630 e. The van der Waals surface area contributed by atoms with Gasteiger partial charge in [0.25, 0.3) is 0 Å². The van der Waals surface area contributed by atoms with Crippen LogP contribution in [0.3, 0.4) is 0 Å². The van der Waals surface area contributed by atoms with Crippen molar-refractivity contribution in [2.75, 3.05) is 18.8 Å². The molecule has 1 aromatic rings. The number of nitriles is 1. The Morgan fingerprint density at radius 1 is 1.16 bits per heavy atom. The standard InChI is InChI=1S/C16H22N2S/c17-8-5-11-19-14-16-7-4-6-15(12-16)13-18-9-2-1-3-10-18/h4,6-7,12H,1-3,5,9-11,13-14H2. The lowest BCUT2D eigenvalue weighted by Crippen LogP contribution is -2.29. The number of hydrogen-bond acceptors (Lipinski definition) is 3. The van der Waals surface area contributed by atoms with Gasteiger partial charge in [0.1, 0.15) is 0 Å². The number of rotatable bonds is 6. The SMILES string of the molecule is N#CCCSCc1cccc(CN2CCCCC2)c1. The van der Waals surface area contributed by atoms with Gasteiger partial charge in [-0.1, -0.05) is 30.7 Å². The third kappa shape index (κ3) is 5.26. The monoisotopic (exact) mass is 274 g/mol. The zero-order valence-electron chi connectivity index (χ0n) is 11.5. The van der Waals surface area contributed by atoms with Crippen LogP contribution in [0.2, 0.25) is 0 Å². The van der Waals surface area contributed by atoms with Gasteiger partial charge in [0.2, 0.25) is 0 Å². The molecule has 0 N–H and O–H groups in total. The molecule has 19 heavy (non-hydrogen) atoms. The van der Waals surface area contributed by atoms with E-state index in [1.165, 1.54) is 43.5 Å². The van der Waals surface area contributed by atoms with E-state index in [0.717, 1.165) is 18.1 Å². The Morgan fingerprint density at radius 3 is 2.74 bits per heavy atom. The molecule has 102 valence electrons. The van der Waals surface area contributed by atoms with Crippen LogP contribution in [0, 0.1) is 11.3 Å². The van der Waals surface area contributed by atoms with E-state index in [4.69, 9.17) is 5.26 Å². The van der Waals surface area contributed by atoms with Crippen LogP contribution in [0.25, 0.3) is 0 Å². The van der Waals surface area contributed by atoms with Crippen molar-refractivity contribution in [1.82, 2.24) is 4.90 Å². The molecule has 1 aliphatic heterocycles. The Morgan fingerprint density at radius 2 is 1.95 bits per heavy atom. The lowest BCUT2D eigenvalue weighted by atomic mass is 10.1. The molecule has 0 spiro atoms. The van der Waals surface area contributed by atoms with Gasteiger partial charge in [-0.25, -0.2) is 0 Å². The summed E-state index contributed by atoms with van der Waals surface area (Å²) < 4.78 is 0. The Balaban J connectivity index is 1.82. The molecular weight excluding hydrogens is 252 g/mol. The highest BCUT2D eigenvalue weighted by Gasteiger charge is 2.10. The van der Waals surface area contributed by atoms with Crippen molar-refractivity contribution >= 4 is 11.8 Å². The summed E-state index contributed by atoms with van der Waals surface area (Å²) in [5.41, 5.74) is 2.82. The molecule has 0 amide bonds. The van der Waals surface area contributed by atoms with E-state index in [-0.39, 0.29) is 0 Å². The van der Waals surface area contributed by atoms with Crippen LogP contribution >= 0.6 is 11.8 Å². The van der Waals surface area contributed by atoms with Crippen molar-refractivity contribution < 1.29 is 0 Å². The molecule has 3 heteroatoms. The lowest BCUT2D eigenvalue weighted by molar-refractivity contribution is 0.221. The van der Waals surface area contributed by atoms with Crippen LogP contribution in [0.4, 0.5) is 0 Å². The van der Waals surface area contributed by atoms with Crippen molar-refractivity contribution in [3.8, 4) is 6.07 Å². The lowest BCUT2D eigenvalue weighted by Gasteiger charge is -2.26. The van der Waals surface area contributed by atoms with E-state index >= 15 is 0 Å². The molecule has 1 aromatic carbocycles. The number of thioether (sulfide) groups is 1. The van der Waals surface area contributed by atoms with Gasteiger partial charge in [-0.2, -0.15) is 17.0 Å². The molecule has 0 atom stereocenters. The maximum atomic E-state index is 8.52. The maximum absolute atomic E-state index is 8.52. The molecule has 1 saturated heterocycles. The fourth-order valence-corrected chi connectivity index (χ4v) is 3.30. The van der Waals surface area contributed by atoms with Crippen LogP contribution in [-0.4, -0.2) is 23.7 Å². The number of hydrogen-bond donors (Lipinski definition) is 0. The predicted octanol–water partition coefficient (Wildman–Crippen LogP) is 3.82. The molecule has 2 rings (SSSR count). The molecule has 0 saturated carbocycles. The third-order valence-corrected chi connectivity index (χ3v) is 4.50. The highest BCUT2D eigenvalue weighted by Crippen LogP contribution is 2.17. The average molecular weight is 274 g/mol. The number of piperidine rings is 1. The second kappa shape index (κ2) is 8.24. The van der Waals surface area contributed by atoms with Gasteiger partial charge in [0, 0.05) is 24.5 Å². The van der Waals surface area contributed by atoms with E-state index < -0.39 is 0 Å². The summed E-state index contributed by atoms with van der Waals surface area (Å²) in [6, 6.07) is 11.1. The zero-order valence-corrected chi connectivity index (χ0v) is 12.3. The number of benzene rings is 1. The molecular formula is C16H22N2S. The van der Waals surface area contributed by atoms with Gasteiger partial charge < -0.3 is 0 Å². The summed E-state index contributed by atoms with van der Waals surface area (Å²) >= 11 is 1.85. The summed E-state index contributed by atoms with van der Waals surface area (Å²) in [5, 5.41) is 8.52. The van der Waals surface area contributed by atoms with Crippen molar-refractivity contribution in [2.24, 2.45) is 0 Å². The summed E-state index contributed by atoms with van der Waals surface area (Å²) in [6.07, 6.45) is 4.75. The van der Waals surface area contributed by atoms with Crippen molar-refractivity contribution in [3.63, 3.8) is 0 Å². The van der Waals surface area contributed by atoms with E-state index in [0.29, 0.717) is 6.42 Å². The van der Waals surface area contributed by atoms with E-state index in [9.17, 15) is 0 Å². The van der Waals surface area contributed by atoms with Crippen molar-refractivity contribution in [2.45, 2.75) is 38.0 Å². The smallest absolute Gasteiger partial charge is 0.0630 e. The first-order chi connectivity index (χ1) is 9.38. The van der Waals surface area contributed by atoms with Gasteiger partial charge in [-0.3, -0.25) is 4.90 Å². The predicted molar refractivity (Wildman–Crippen MR) is 82.0 cm³/mol. The first-order valence-electron chi connectivity index (χ1n) is 7.13. The Hall–Kier alpha value is -0.980. The minimum atomic E-state index is 0.651. The largest absolute Gasteiger partial charge is 0.299 e. The molecule has 0 aromatic heterocycles. The minimum Gasteiger partial charge on any atom is -0.299 e. The number of nitrogens with zero attached hydrogens (tertiary/aromatic N) is 2. The molecule has 0 unspecified atom stereocenters. The van der Waals surface area contributed by atoms with Crippen LogP contribution in [0.5, 0.6) is 0 Å². The van der Waals surface area contributed by atoms with Gasteiger partial charge in [-0.05, 0) is 37.1 Å². The van der Waals surface area contributed by atoms with Crippen LogP contribution in [0.15, 0.2) is 24.3 Å². The average Bonchev–Trinajstić information content (AvgIpc) is 2.45. The first kappa shape index (κ1) is 14.4. The van der Waals surface area contributed by atoms with Gasteiger partial charge in [0.15, 0.2) is 0 Å². The minimum absolute atomic E-state index is 0.651. The fraction of sp³-hybridized carbons (Fsp3) is 0.562. The first-order valence-corrected chi connectivity index (χ1v) is 8.29. The molecule has 2 nitrogen and oxygen atoms in total. The van der Waals surface area contributed by atoms with E-state index in [2.05, 4.69) is 35.2 Å². The molecule has 0 aliphatic carbocycles. The highest BCUT2D eigenvalue weighted by atomic mass is 32.2. The van der Waals surface area contributed by atoms with Gasteiger partial charge >= 0.3 is 0 Å². The Kier molecular flexibility index (Phi) is 6.26. The van der Waals surface area contributed by atoms with Gasteiger partial charge in [0.05, 0.1) is 6.07 Å². The van der Waals surface area contributed by atoms with Crippen molar-refractivity contribution in [1.29, 1.82) is 5.26 Å². The zero-order chi connectivity index (χ0) is 13.3. The molecule has 1 heterocycles. The third-order valence-electron chi connectivity index (χ3n) is 3.47. The summed E-state index contributed by atoms with van der Waals surface area (Å²) in [4.78, 5) is 2.56. The van der Waals surface area contributed by atoms with Crippen LogP contribution in [0.1, 0.15) is 36.8 Å². The van der Waals surface area contributed by atoms with E-state index in [1.54, 1.807) is 0 Å². The Labute approximate surface area is 120 Å². The van der Waals surface area contributed by atoms with E-state index in [1.807, 2.05) is 11.8 Å². The van der Waals surface area contributed by atoms with Crippen molar-refractivity contribution in [3.05, 3.63) is 35.4 Å². The second-order valence-corrected chi connectivity index (χ2v) is 6.22. The van der Waals surface area contributed by atoms with Crippen LogP contribution < -0.4 is 0 Å². The summed E-state index contributed by atoms with van der Waals surface area (Å²) in [6.45, 7) is 3.60. The topological polar surface area (TPSA) is 27.0 Å². The van der Waals surface area contributed by atoms with Crippen LogP contribution in [-0.2, 0) is 12.3 Å². The Bertz CT molecular complexity index is 419. The molecule has 0 bridgehead atoms. The number of likely N-dealkylation sites (tertiary alicyclic amines) is 1. The quantitative estimate of drug-likeness (QED) is 0.738. The normalized spacial score (nSPS) is 16.2. The molecule has 1 aliphatic rings. The highest BCUT2D eigenvalue weighted by molar-refractivity contribution is 7.98. The summed E-state index contributed by atoms with van der Waals surface area (Å²) in [5.74, 6) is 1.96. The fourth-order valence-electron chi connectivity index (χ4n) is 2.50. The molecule has 1 fully saturated rings. The van der Waals surface area contributed by atoms with Gasteiger partial charge in [-0.15, -0.1) is 0 Å².